The fourth-order valence-electron chi connectivity index (χ4n) is 6.27. The van der Waals surface area contributed by atoms with E-state index in [0.29, 0.717) is 11.5 Å². The number of hydrogen-bond acceptors (Lipinski definition) is 1. The first-order valence-corrected chi connectivity index (χ1v) is 12.1. The lowest BCUT2D eigenvalue weighted by molar-refractivity contribution is 0.0697. The van der Waals surface area contributed by atoms with Gasteiger partial charge in [-0.3, -0.25) is 0 Å². The molecule has 3 aliphatic rings. The minimum atomic E-state index is -0.854. The van der Waals surface area contributed by atoms with Crippen LogP contribution >= 0.6 is 0 Å². The lowest BCUT2D eigenvalue weighted by atomic mass is 9.81. The number of carboxylic acid groups (broad SMARTS) is 1. The van der Waals surface area contributed by atoms with Crippen molar-refractivity contribution in [2.75, 3.05) is 0 Å². The Kier molecular flexibility index (Phi) is 4.78. The maximum absolute atomic E-state index is 11.8. The molecule has 2 heterocycles. The number of benzene rings is 2. The zero-order chi connectivity index (χ0) is 21.7. The average molecular weight is 424 g/mol. The van der Waals surface area contributed by atoms with Gasteiger partial charge < -0.3 is 9.67 Å². The molecule has 3 heteroatoms. The van der Waals surface area contributed by atoms with Crippen LogP contribution in [0.15, 0.2) is 60.2 Å². The summed E-state index contributed by atoms with van der Waals surface area (Å²) in [6, 6.07) is 14.7. The highest BCUT2D eigenvalue weighted by atomic mass is 16.4. The first-order chi connectivity index (χ1) is 15.7. The summed E-state index contributed by atoms with van der Waals surface area (Å²) in [6.45, 7) is 0.843. The van der Waals surface area contributed by atoms with Gasteiger partial charge in [-0.1, -0.05) is 61.7 Å². The van der Waals surface area contributed by atoms with E-state index in [-0.39, 0.29) is 0 Å². The molecule has 1 aromatic heterocycles. The molecule has 3 nitrogen and oxygen atoms in total. The Labute approximate surface area is 189 Å². The van der Waals surface area contributed by atoms with Gasteiger partial charge >= 0.3 is 5.97 Å². The molecule has 3 aromatic rings. The lowest BCUT2D eigenvalue weighted by Gasteiger charge is -2.24. The van der Waals surface area contributed by atoms with Crippen molar-refractivity contribution in [3.63, 3.8) is 0 Å². The standard InChI is InChI=1S/C29H29NO2/c31-29(32)20-15-16-25-26(17-20)30-18-21-11-5-2-6-12-22(21)23-13-7-8-14-24(23)28(30)27(25)19-9-3-1-4-10-19/h2,5,7-8,13-17,19H,1,3-4,6,9-12,18H2,(H,31,32). The number of fused-ring (bicyclic) bond motifs is 6. The predicted octanol–water partition coefficient (Wildman–Crippen LogP) is 7.56. The molecule has 6 rings (SSSR count). The molecule has 0 spiro atoms. The smallest absolute Gasteiger partial charge is 0.335 e. The van der Waals surface area contributed by atoms with Gasteiger partial charge in [0.2, 0.25) is 0 Å². The fraction of sp³-hybridized carbons (Fsp3) is 0.345. The lowest BCUT2D eigenvalue weighted by Crippen LogP contribution is -2.07. The topological polar surface area (TPSA) is 42.2 Å². The van der Waals surface area contributed by atoms with E-state index in [1.165, 1.54) is 71.0 Å². The number of nitrogens with zero attached hydrogens (tertiary/aromatic N) is 1. The average Bonchev–Trinajstić information content (AvgIpc) is 2.93. The highest BCUT2D eigenvalue weighted by molar-refractivity contribution is 6.00. The highest BCUT2D eigenvalue weighted by Crippen LogP contribution is 2.48. The quantitative estimate of drug-likeness (QED) is 0.432. The largest absolute Gasteiger partial charge is 0.478 e. The van der Waals surface area contributed by atoms with Crippen LogP contribution in [-0.2, 0) is 6.54 Å². The van der Waals surface area contributed by atoms with Gasteiger partial charge in [-0.2, -0.15) is 0 Å². The molecule has 0 saturated heterocycles. The van der Waals surface area contributed by atoms with Crippen molar-refractivity contribution in [1.82, 2.24) is 4.57 Å². The number of rotatable bonds is 2. The van der Waals surface area contributed by atoms with Crippen molar-refractivity contribution in [2.24, 2.45) is 0 Å². The third-order valence-corrected chi connectivity index (χ3v) is 7.74. The molecule has 2 aliphatic carbocycles. The van der Waals surface area contributed by atoms with Crippen LogP contribution in [0.5, 0.6) is 0 Å². The van der Waals surface area contributed by atoms with E-state index >= 15 is 0 Å². The molecule has 1 saturated carbocycles. The Morgan fingerprint density at radius 3 is 2.59 bits per heavy atom. The second kappa shape index (κ2) is 7.81. The van der Waals surface area contributed by atoms with Gasteiger partial charge in [-0.25, -0.2) is 4.79 Å². The summed E-state index contributed by atoms with van der Waals surface area (Å²) in [5, 5.41) is 11.0. The molecule has 0 atom stereocenters. The van der Waals surface area contributed by atoms with Crippen molar-refractivity contribution < 1.29 is 9.90 Å². The van der Waals surface area contributed by atoms with E-state index in [4.69, 9.17) is 0 Å². The van der Waals surface area contributed by atoms with E-state index < -0.39 is 5.97 Å². The third-order valence-electron chi connectivity index (χ3n) is 7.74. The Morgan fingerprint density at radius 2 is 1.78 bits per heavy atom. The van der Waals surface area contributed by atoms with Crippen LogP contribution in [0.3, 0.4) is 0 Å². The first-order valence-electron chi connectivity index (χ1n) is 12.1. The van der Waals surface area contributed by atoms with E-state index in [2.05, 4.69) is 47.1 Å². The number of allylic oxidation sites excluding steroid dienone is 4. The second-order valence-electron chi connectivity index (χ2n) is 9.56. The summed E-state index contributed by atoms with van der Waals surface area (Å²) in [5.74, 6) is -0.308. The van der Waals surface area contributed by atoms with Crippen LogP contribution in [0.1, 0.15) is 78.8 Å². The SMILES string of the molecule is O=C(O)c1ccc2c(C3CCCCC3)c3n(c2c1)CC1=C(CCC=CC1)c1ccccc1-3. The van der Waals surface area contributed by atoms with Crippen LogP contribution in [0.2, 0.25) is 0 Å². The van der Waals surface area contributed by atoms with E-state index in [9.17, 15) is 9.90 Å². The fourth-order valence-corrected chi connectivity index (χ4v) is 6.27. The Hall–Kier alpha value is -3.07. The maximum Gasteiger partial charge on any atom is 0.335 e. The van der Waals surface area contributed by atoms with Crippen molar-refractivity contribution in [3.8, 4) is 11.3 Å². The van der Waals surface area contributed by atoms with Gasteiger partial charge in [0, 0.05) is 23.0 Å². The van der Waals surface area contributed by atoms with E-state index in [1.54, 1.807) is 6.07 Å². The molecular weight excluding hydrogens is 394 g/mol. The molecule has 0 unspecified atom stereocenters. The summed E-state index contributed by atoms with van der Waals surface area (Å²) in [6.07, 6.45) is 14.1. The van der Waals surface area contributed by atoms with Crippen molar-refractivity contribution in [1.29, 1.82) is 0 Å². The summed E-state index contributed by atoms with van der Waals surface area (Å²) >= 11 is 0. The number of aromatic nitrogens is 1. The van der Waals surface area contributed by atoms with Crippen LogP contribution in [0.4, 0.5) is 0 Å². The zero-order valence-electron chi connectivity index (χ0n) is 18.4. The number of hydrogen-bond donors (Lipinski definition) is 1. The minimum absolute atomic E-state index is 0.375. The molecule has 0 radical (unpaired) electrons. The highest BCUT2D eigenvalue weighted by Gasteiger charge is 2.30. The Morgan fingerprint density at radius 1 is 0.969 bits per heavy atom. The molecule has 1 fully saturated rings. The normalized spacial score (nSPS) is 18.6. The van der Waals surface area contributed by atoms with E-state index in [0.717, 1.165) is 31.3 Å². The van der Waals surface area contributed by atoms with Crippen molar-refractivity contribution in [2.45, 2.75) is 63.8 Å². The molecule has 1 aliphatic heterocycles. The number of carboxylic acids is 1. The van der Waals surface area contributed by atoms with Gasteiger partial charge in [-0.05, 0) is 72.4 Å². The number of aromatic carboxylic acids is 1. The molecule has 0 amide bonds. The number of carbonyl (C=O) groups is 1. The Balaban J connectivity index is 1.69. The Bertz CT molecular complexity index is 1280. The van der Waals surface area contributed by atoms with Gasteiger partial charge in [0.1, 0.15) is 0 Å². The van der Waals surface area contributed by atoms with Crippen LogP contribution < -0.4 is 0 Å². The zero-order valence-corrected chi connectivity index (χ0v) is 18.4. The molecule has 1 N–H and O–H groups in total. The minimum Gasteiger partial charge on any atom is -0.478 e. The molecule has 162 valence electrons. The molecule has 0 bridgehead atoms. The predicted molar refractivity (Wildman–Crippen MR) is 130 cm³/mol. The summed E-state index contributed by atoms with van der Waals surface area (Å²) in [5.41, 5.74) is 9.91. The molecule has 32 heavy (non-hydrogen) atoms. The van der Waals surface area contributed by atoms with Crippen LogP contribution in [0.25, 0.3) is 27.7 Å². The van der Waals surface area contributed by atoms with E-state index in [1.807, 2.05) is 6.07 Å². The summed E-state index contributed by atoms with van der Waals surface area (Å²) < 4.78 is 2.45. The summed E-state index contributed by atoms with van der Waals surface area (Å²) in [4.78, 5) is 11.8. The van der Waals surface area contributed by atoms with Crippen molar-refractivity contribution >= 4 is 22.4 Å². The first kappa shape index (κ1) is 19.6. The van der Waals surface area contributed by atoms with Gasteiger partial charge in [0.15, 0.2) is 0 Å². The van der Waals surface area contributed by atoms with Gasteiger partial charge in [0.25, 0.3) is 0 Å². The van der Waals surface area contributed by atoms with Crippen LogP contribution in [-0.4, -0.2) is 15.6 Å². The monoisotopic (exact) mass is 423 g/mol. The van der Waals surface area contributed by atoms with Crippen LogP contribution in [0, 0.1) is 0 Å². The van der Waals surface area contributed by atoms with Crippen molar-refractivity contribution in [3.05, 3.63) is 76.9 Å². The molecular formula is C29H29NO2. The van der Waals surface area contributed by atoms with Gasteiger partial charge in [0.05, 0.1) is 11.3 Å². The maximum atomic E-state index is 11.8. The second-order valence-corrected chi connectivity index (χ2v) is 9.56. The third kappa shape index (κ3) is 3.06. The summed E-state index contributed by atoms with van der Waals surface area (Å²) in [7, 11) is 0. The van der Waals surface area contributed by atoms with Gasteiger partial charge in [-0.15, -0.1) is 0 Å². The molecule has 2 aromatic carbocycles.